The van der Waals surface area contributed by atoms with E-state index in [-0.39, 0.29) is 6.42 Å². The van der Waals surface area contributed by atoms with Crippen LogP contribution in [-0.2, 0) is 4.79 Å². The van der Waals surface area contributed by atoms with Gasteiger partial charge in [-0.3, -0.25) is 0 Å². The van der Waals surface area contributed by atoms with Crippen LogP contribution in [0.3, 0.4) is 0 Å². The topological polar surface area (TPSA) is 37.3 Å². The molecule has 0 aliphatic carbocycles. The molecule has 0 atom stereocenters. The Morgan fingerprint density at radius 3 is 2.09 bits per heavy atom. The Kier molecular flexibility index (Phi) is 3.10. The summed E-state index contributed by atoms with van der Waals surface area (Å²) in [4.78, 5) is 9.95. The molecule has 0 aromatic carbocycles. The van der Waals surface area contributed by atoms with E-state index in [0.717, 1.165) is 0 Å². The first-order valence-electron chi connectivity index (χ1n) is 2.90. The number of carboxylic acids is 1. The lowest BCUT2D eigenvalue weighted by atomic mass is 10.2. The van der Waals surface area contributed by atoms with Crippen LogP contribution < -0.4 is 0 Å². The zero-order valence-corrected chi connectivity index (χ0v) is 5.77. The van der Waals surface area contributed by atoms with Gasteiger partial charge in [0.2, 0.25) is 0 Å². The number of alkyl halides is 3. The molecule has 0 rings (SSSR count). The molecule has 0 fully saturated rings. The summed E-state index contributed by atoms with van der Waals surface area (Å²) in [5, 5.41) is 8.05. The normalized spacial score (nSPS) is 13.3. The van der Waals surface area contributed by atoms with E-state index in [1.165, 1.54) is 6.92 Å². The van der Waals surface area contributed by atoms with Gasteiger partial charge in [0, 0.05) is 0 Å². The number of hydrogen-bond acceptors (Lipinski definition) is 1. The minimum atomic E-state index is -4.75. The largest absolute Gasteiger partial charge is 0.478 e. The highest BCUT2D eigenvalue weighted by Gasteiger charge is 2.38. The summed E-state index contributed by atoms with van der Waals surface area (Å²) in [5.41, 5.74) is -1.50. The zero-order valence-electron chi connectivity index (χ0n) is 5.77. The van der Waals surface area contributed by atoms with Crippen molar-refractivity contribution in [3.05, 3.63) is 11.6 Å². The number of hydrogen-bond donors (Lipinski definition) is 1. The quantitative estimate of drug-likeness (QED) is 0.640. The third-order valence-electron chi connectivity index (χ3n) is 0.944. The maximum Gasteiger partial charge on any atom is 0.423 e. The summed E-state index contributed by atoms with van der Waals surface area (Å²) in [5.74, 6) is -1.93. The van der Waals surface area contributed by atoms with Gasteiger partial charge in [0.05, 0.1) is 0 Å². The molecule has 0 heterocycles. The van der Waals surface area contributed by atoms with Crippen LogP contribution in [0.5, 0.6) is 0 Å². The standard InChI is InChI=1S/C6H7F3O2/c1-2-3-4(5(10)11)6(7,8)9/h3H,2H2,1H3,(H,10,11). The van der Waals surface area contributed by atoms with Crippen LogP contribution in [0.15, 0.2) is 11.6 Å². The van der Waals surface area contributed by atoms with Crippen molar-refractivity contribution in [2.45, 2.75) is 19.5 Å². The van der Waals surface area contributed by atoms with Crippen LogP contribution in [0.2, 0.25) is 0 Å². The van der Waals surface area contributed by atoms with Gasteiger partial charge in [-0.25, -0.2) is 4.79 Å². The molecule has 0 radical (unpaired) electrons. The third-order valence-corrected chi connectivity index (χ3v) is 0.944. The van der Waals surface area contributed by atoms with Gasteiger partial charge in [0.15, 0.2) is 0 Å². The first-order valence-corrected chi connectivity index (χ1v) is 2.90. The minimum absolute atomic E-state index is 0.0567. The fourth-order valence-corrected chi connectivity index (χ4v) is 0.528. The van der Waals surface area contributed by atoms with Gasteiger partial charge < -0.3 is 5.11 Å². The van der Waals surface area contributed by atoms with Crippen molar-refractivity contribution in [2.24, 2.45) is 0 Å². The summed E-state index contributed by atoms with van der Waals surface area (Å²) < 4.78 is 35.1. The zero-order chi connectivity index (χ0) is 9.07. The summed E-state index contributed by atoms with van der Waals surface area (Å²) in [7, 11) is 0. The minimum Gasteiger partial charge on any atom is -0.478 e. The molecule has 1 N–H and O–H groups in total. The van der Waals surface area contributed by atoms with Crippen LogP contribution in [0, 0.1) is 0 Å². The average molecular weight is 168 g/mol. The SMILES string of the molecule is CCC=C(C(=O)O)C(F)(F)F. The van der Waals surface area contributed by atoms with Crippen molar-refractivity contribution in [3.63, 3.8) is 0 Å². The molecular formula is C6H7F3O2. The van der Waals surface area contributed by atoms with Crippen LogP contribution in [0.1, 0.15) is 13.3 Å². The van der Waals surface area contributed by atoms with E-state index in [9.17, 15) is 18.0 Å². The molecule has 2 nitrogen and oxygen atoms in total. The van der Waals surface area contributed by atoms with Crippen molar-refractivity contribution in [1.82, 2.24) is 0 Å². The number of halogens is 3. The fourth-order valence-electron chi connectivity index (χ4n) is 0.528. The van der Waals surface area contributed by atoms with Gasteiger partial charge in [-0.2, -0.15) is 13.2 Å². The number of carbonyl (C=O) groups is 1. The van der Waals surface area contributed by atoms with E-state index < -0.39 is 17.7 Å². The van der Waals surface area contributed by atoms with Crippen molar-refractivity contribution in [2.75, 3.05) is 0 Å². The molecule has 0 aliphatic rings. The average Bonchev–Trinajstić information content (AvgIpc) is 1.79. The number of allylic oxidation sites excluding steroid dienone is 1. The van der Waals surface area contributed by atoms with Gasteiger partial charge >= 0.3 is 12.1 Å². The van der Waals surface area contributed by atoms with Crippen LogP contribution in [-0.4, -0.2) is 17.3 Å². The summed E-state index contributed by atoms with van der Waals surface area (Å²) in [6.07, 6.45) is -4.05. The van der Waals surface area contributed by atoms with Crippen molar-refractivity contribution in [3.8, 4) is 0 Å². The predicted molar refractivity (Wildman–Crippen MR) is 32.1 cm³/mol. The molecule has 0 aliphatic heterocycles. The molecule has 0 saturated carbocycles. The number of aliphatic carboxylic acids is 1. The lowest BCUT2D eigenvalue weighted by Gasteiger charge is -2.05. The molecule has 0 amide bonds. The second-order valence-electron chi connectivity index (χ2n) is 1.83. The lowest BCUT2D eigenvalue weighted by molar-refractivity contribution is -0.144. The Morgan fingerprint density at radius 1 is 1.55 bits per heavy atom. The summed E-state index contributed by atoms with van der Waals surface area (Å²) in [6, 6.07) is 0. The molecule has 5 heteroatoms. The van der Waals surface area contributed by atoms with Crippen LogP contribution >= 0.6 is 0 Å². The summed E-state index contributed by atoms with van der Waals surface area (Å²) >= 11 is 0. The predicted octanol–water partition coefficient (Wildman–Crippen LogP) is 1.97. The fraction of sp³-hybridized carbons (Fsp3) is 0.500. The monoisotopic (exact) mass is 168 g/mol. The molecule has 0 aromatic rings. The number of carboxylic acid groups (broad SMARTS) is 1. The molecule has 11 heavy (non-hydrogen) atoms. The van der Waals surface area contributed by atoms with Gasteiger partial charge in [0.25, 0.3) is 0 Å². The first kappa shape index (κ1) is 10.0. The molecule has 0 aromatic heterocycles. The third kappa shape index (κ3) is 3.06. The van der Waals surface area contributed by atoms with Gasteiger partial charge in [0.1, 0.15) is 5.57 Å². The molecular weight excluding hydrogens is 161 g/mol. The van der Waals surface area contributed by atoms with Gasteiger partial charge in [-0.1, -0.05) is 13.0 Å². The van der Waals surface area contributed by atoms with Crippen molar-refractivity contribution < 1.29 is 23.1 Å². The van der Waals surface area contributed by atoms with Crippen molar-refractivity contribution >= 4 is 5.97 Å². The maximum atomic E-state index is 11.7. The van der Waals surface area contributed by atoms with E-state index in [0.29, 0.717) is 6.08 Å². The van der Waals surface area contributed by atoms with Crippen LogP contribution in [0.25, 0.3) is 0 Å². The molecule has 0 bridgehead atoms. The van der Waals surface area contributed by atoms with E-state index in [1.54, 1.807) is 0 Å². The Hall–Kier alpha value is -1.00. The van der Waals surface area contributed by atoms with E-state index in [4.69, 9.17) is 5.11 Å². The number of rotatable bonds is 2. The van der Waals surface area contributed by atoms with Crippen LogP contribution in [0.4, 0.5) is 13.2 Å². The molecule has 64 valence electrons. The molecule has 0 unspecified atom stereocenters. The summed E-state index contributed by atoms with van der Waals surface area (Å²) in [6.45, 7) is 1.44. The lowest BCUT2D eigenvalue weighted by Crippen LogP contribution is -2.19. The highest BCUT2D eigenvalue weighted by Crippen LogP contribution is 2.25. The Morgan fingerprint density at radius 2 is 2.00 bits per heavy atom. The van der Waals surface area contributed by atoms with Gasteiger partial charge in [-0.15, -0.1) is 0 Å². The Labute approximate surface area is 61.3 Å². The first-order chi connectivity index (χ1) is 4.89. The highest BCUT2D eigenvalue weighted by atomic mass is 19.4. The highest BCUT2D eigenvalue weighted by molar-refractivity contribution is 5.87. The Bertz CT molecular complexity index is 181. The molecule has 0 saturated heterocycles. The maximum absolute atomic E-state index is 11.7. The molecule has 0 spiro atoms. The van der Waals surface area contributed by atoms with Crippen molar-refractivity contribution in [1.29, 1.82) is 0 Å². The van der Waals surface area contributed by atoms with Gasteiger partial charge in [-0.05, 0) is 6.42 Å². The Balaban J connectivity index is 4.63. The van der Waals surface area contributed by atoms with E-state index in [2.05, 4.69) is 0 Å². The second-order valence-corrected chi connectivity index (χ2v) is 1.83. The van der Waals surface area contributed by atoms with E-state index >= 15 is 0 Å². The smallest absolute Gasteiger partial charge is 0.423 e. The second kappa shape index (κ2) is 3.41. The van der Waals surface area contributed by atoms with E-state index in [1.807, 2.05) is 0 Å².